The van der Waals surface area contributed by atoms with E-state index < -0.39 is 176 Å². The van der Waals surface area contributed by atoms with Gasteiger partial charge in [0.25, 0.3) is 30.4 Å². The number of rotatable bonds is 19. The number of nitrogens with two attached hydrogens (primary N) is 1. The first-order chi connectivity index (χ1) is 29.1. The van der Waals surface area contributed by atoms with E-state index in [9.17, 15) is 77.7 Å². The van der Waals surface area contributed by atoms with Crippen LogP contribution in [0.5, 0.6) is 17.2 Å². The Labute approximate surface area is 362 Å². The minimum absolute atomic E-state index is 0.319. The summed E-state index contributed by atoms with van der Waals surface area (Å²) in [6.07, 6.45) is 0. The molecule has 29 nitrogen and oxygen atoms in total. The third kappa shape index (κ3) is 12.4. The van der Waals surface area contributed by atoms with Crippen molar-refractivity contribution in [2.24, 2.45) is 20.5 Å². The summed E-state index contributed by atoms with van der Waals surface area (Å²) in [6.45, 7) is -2.19. The van der Waals surface area contributed by atoms with Crippen LogP contribution in [0.1, 0.15) is 0 Å². The quantitative estimate of drug-likeness (QED) is 0.0400. The number of azo groups is 2. The van der Waals surface area contributed by atoms with Crippen molar-refractivity contribution in [3.63, 3.8) is 0 Å². The molecule has 8 N–H and O–H groups in total. The molecule has 0 heterocycles. The van der Waals surface area contributed by atoms with Gasteiger partial charge in [0.15, 0.2) is 25.4 Å². The first-order valence-electron chi connectivity index (χ1n) is 16.1. The van der Waals surface area contributed by atoms with E-state index in [0.717, 1.165) is 26.4 Å². The van der Waals surface area contributed by atoms with Gasteiger partial charge in [-0.15, -0.1) is 20.5 Å². The van der Waals surface area contributed by atoms with Gasteiger partial charge in [0, 0.05) is 12.1 Å². The number of phenolic OH excluding ortho intramolecular Hbond substituents is 1. The maximum atomic E-state index is 13.0. The summed E-state index contributed by atoms with van der Waals surface area (Å²) in [7, 11) is -33.6. The van der Waals surface area contributed by atoms with Gasteiger partial charge in [-0.1, -0.05) is 0 Å². The topological polar surface area (TPSA) is 473 Å². The number of aromatic hydroxyl groups is 1. The summed E-state index contributed by atoms with van der Waals surface area (Å²) in [5.41, 5.74) is 1.46. The van der Waals surface area contributed by atoms with Crippen LogP contribution in [0.25, 0.3) is 10.8 Å². The first kappa shape index (κ1) is 51.5. The van der Waals surface area contributed by atoms with Gasteiger partial charge in [-0.25, -0.2) is 25.2 Å². The van der Waals surface area contributed by atoms with Crippen LogP contribution in [-0.2, 0) is 79.2 Å². The van der Waals surface area contributed by atoms with Gasteiger partial charge in [-0.2, -0.15) is 42.1 Å². The zero-order valence-corrected chi connectivity index (χ0v) is 37.3. The normalized spacial score (nSPS) is 13.5. The molecule has 0 spiro atoms. The lowest BCUT2D eigenvalue weighted by atomic mass is 10.1. The Kier molecular flexibility index (Phi) is 14.8. The molecule has 0 aromatic heterocycles. The van der Waals surface area contributed by atoms with Crippen LogP contribution >= 0.6 is 0 Å². The fourth-order valence-electron chi connectivity index (χ4n) is 5.19. The molecule has 0 fully saturated rings. The van der Waals surface area contributed by atoms with Crippen LogP contribution in [0.2, 0.25) is 0 Å². The monoisotopic (exact) mass is 1040 g/mol. The highest BCUT2D eigenvalue weighted by molar-refractivity contribution is 7.92. The fraction of sp³-hybridized carbons (Fsp3) is 0.214. The standard InChI is InChI=1S/C28H29N5O24S7/c1-54-18-13-21(59(37,38)8-6-57-64(51,52)53)19(55-2)12-17(18)31-33-27-23(62(45,46)47)10-14-9-22(61(42,43)44)26(25(29)24(14)28(27)34)32-30-16-4-3-15(11-20(16)60(39,40)41)58(35,36)7-5-56-63(48,49)50/h3-4,9-13,34H,5-8,29H2,1-2H3,(H,39,40,41)(H,42,43,44)(H,45,46,47)(H,48,49,50)(H,51,52,53). The smallest absolute Gasteiger partial charge is 0.397 e. The molecular formula is C28H29N5O24S7. The number of fused-ring (bicyclic) bond motifs is 1. The number of anilines is 1. The molecule has 4 aromatic carbocycles. The number of sulfone groups is 2. The molecular weight excluding hydrogens is 1010 g/mol. The van der Waals surface area contributed by atoms with E-state index in [1.165, 1.54) is 0 Å². The van der Waals surface area contributed by atoms with Crippen molar-refractivity contribution in [2.45, 2.75) is 24.5 Å². The lowest BCUT2D eigenvalue weighted by molar-refractivity contribution is 0.282. The van der Waals surface area contributed by atoms with E-state index in [-0.39, 0.29) is 0 Å². The molecule has 0 amide bonds. The highest BCUT2D eigenvalue weighted by atomic mass is 32.3. The molecule has 64 heavy (non-hydrogen) atoms. The average molecular weight is 1040 g/mol. The zero-order chi connectivity index (χ0) is 48.6. The SMILES string of the molecule is COc1cc(S(=O)(=O)CCOS(=O)(=O)O)c(OC)cc1N=Nc1c(S(=O)(=O)O)cc2cc(S(=O)(=O)O)c(N=Nc3ccc(S(=O)(=O)CCOS(=O)(=O)O)cc3S(=O)(=O)O)c(N)c2c1O. The van der Waals surface area contributed by atoms with Gasteiger partial charge in [0.05, 0.1) is 54.9 Å². The van der Waals surface area contributed by atoms with Crippen molar-refractivity contribution in [2.75, 3.05) is 44.7 Å². The lowest BCUT2D eigenvalue weighted by Gasteiger charge is -2.15. The largest absolute Gasteiger partial charge is 0.505 e. The lowest BCUT2D eigenvalue weighted by Crippen LogP contribution is -2.16. The van der Waals surface area contributed by atoms with E-state index in [1.807, 2.05) is 0 Å². The molecule has 36 heteroatoms. The number of hydrogen-bond acceptors (Lipinski definition) is 24. The van der Waals surface area contributed by atoms with E-state index >= 15 is 0 Å². The van der Waals surface area contributed by atoms with Crippen LogP contribution < -0.4 is 15.2 Å². The van der Waals surface area contributed by atoms with Crippen LogP contribution in [0.15, 0.2) is 87.4 Å². The third-order valence-corrected chi connectivity index (χ3v) is 14.8. The molecule has 0 radical (unpaired) electrons. The first-order valence-corrected chi connectivity index (χ1v) is 26.4. The molecule has 0 aliphatic carbocycles. The van der Waals surface area contributed by atoms with E-state index in [0.29, 0.717) is 30.3 Å². The molecule has 0 saturated heterocycles. The van der Waals surface area contributed by atoms with E-state index in [4.69, 9.17) is 24.3 Å². The summed E-state index contributed by atoms with van der Waals surface area (Å²) in [6, 6.07) is 4.19. The number of methoxy groups -OCH3 is 2. The second kappa shape index (κ2) is 18.4. The highest BCUT2D eigenvalue weighted by Gasteiger charge is 2.30. The van der Waals surface area contributed by atoms with Crippen LogP contribution in [0, 0.1) is 0 Å². The van der Waals surface area contributed by atoms with Crippen molar-refractivity contribution >= 4 is 110 Å². The maximum Gasteiger partial charge on any atom is 0.397 e. The van der Waals surface area contributed by atoms with Crippen LogP contribution in [-0.4, -0.2) is 126 Å². The van der Waals surface area contributed by atoms with Gasteiger partial charge < -0.3 is 20.3 Å². The van der Waals surface area contributed by atoms with Crippen LogP contribution in [0.4, 0.5) is 28.4 Å². The number of nitrogens with zero attached hydrogens (tertiary/aromatic N) is 4. The number of nitrogen functional groups attached to an aromatic ring is 1. The van der Waals surface area contributed by atoms with Crippen molar-refractivity contribution in [3.8, 4) is 17.2 Å². The van der Waals surface area contributed by atoms with Crippen molar-refractivity contribution in [1.82, 2.24) is 0 Å². The van der Waals surface area contributed by atoms with Crippen molar-refractivity contribution in [1.29, 1.82) is 0 Å². The minimum Gasteiger partial charge on any atom is -0.505 e. The average Bonchev–Trinajstić information content (AvgIpc) is 3.13. The minimum atomic E-state index is -5.50. The van der Waals surface area contributed by atoms with Crippen molar-refractivity contribution in [3.05, 3.63) is 42.5 Å². The number of phenols is 1. The summed E-state index contributed by atoms with van der Waals surface area (Å²) in [4.78, 5) is -5.44. The van der Waals surface area contributed by atoms with Gasteiger partial charge >= 0.3 is 20.8 Å². The van der Waals surface area contributed by atoms with Gasteiger partial charge in [0.2, 0.25) is 0 Å². The Bertz CT molecular complexity index is 3430. The predicted octanol–water partition coefficient (Wildman–Crippen LogP) is 1.90. The van der Waals surface area contributed by atoms with Crippen LogP contribution in [0.3, 0.4) is 0 Å². The fourth-order valence-corrected chi connectivity index (χ4v) is 10.4. The van der Waals surface area contributed by atoms with Gasteiger partial charge in [-0.05, 0) is 35.7 Å². The molecule has 352 valence electrons. The number of benzene rings is 4. The Morgan fingerprint density at radius 3 is 1.48 bits per heavy atom. The Morgan fingerprint density at radius 1 is 0.531 bits per heavy atom. The molecule has 0 atom stereocenters. The third-order valence-electron chi connectivity index (χ3n) is 7.92. The van der Waals surface area contributed by atoms with Gasteiger partial charge in [-0.3, -0.25) is 22.8 Å². The number of hydrogen-bond donors (Lipinski definition) is 7. The molecule has 0 unspecified atom stereocenters. The summed E-state index contributed by atoms with van der Waals surface area (Å²) in [5.74, 6) is -4.47. The second-order valence-electron chi connectivity index (χ2n) is 12.1. The molecule has 0 saturated carbocycles. The maximum absolute atomic E-state index is 13.0. The molecule has 0 aliphatic rings. The summed E-state index contributed by atoms with van der Waals surface area (Å²) in [5, 5.41) is 24.4. The summed E-state index contributed by atoms with van der Waals surface area (Å²) >= 11 is 0. The molecule has 4 aromatic rings. The Hall–Kier alpha value is -5.09. The second-order valence-corrected chi connectivity index (χ2v) is 22.6. The zero-order valence-electron chi connectivity index (χ0n) is 31.6. The molecule has 4 rings (SSSR count). The van der Waals surface area contributed by atoms with Gasteiger partial charge in [0.1, 0.15) is 53.8 Å². The molecule has 0 aliphatic heterocycles. The Morgan fingerprint density at radius 2 is 1.00 bits per heavy atom. The van der Waals surface area contributed by atoms with Crippen molar-refractivity contribution < 1.29 is 105 Å². The highest BCUT2D eigenvalue weighted by Crippen LogP contribution is 2.49. The predicted molar refractivity (Wildman–Crippen MR) is 213 cm³/mol. The number of ether oxygens (including phenoxy) is 2. The summed E-state index contributed by atoms with van der Waals surface area (Å²) < 4.78 is 235. The van der Waals surface area contributed by atoms with E-state index in [1.54, 1.807) is 0 Å². The Balaban J connectivity index is 1.94. The van der Waals surface area contributed by atoms with E-state index in [2.05, 4.69) is 28.8 Å². The molecule has 0 bridgehead atoms.